The third-order valence-electron chi connectivity index (χ3n) is 5.34. The number of hydrogen-bond acceptors (Lipinski definition) is 8. The molecule has 4 rings (SSSR count). The highest BCUT2D eigenvalue weighted by molar-refractivity contribution is 5.96. The number of ether oxygens (including phenoxy) is 5. The van der Waals surface area contributed by atoms with Crippen LogP contribution in [0.3, 0.4) is 0 Å². The first-order valence-corrected chi connectivity index (χ1v) is 10.1. The molecule has 10 heteroatoms. The maximum absolute atomic E-state index is 13.3. The molecule has 0 radical (unpaired) electrons. The van der Waals surface area contributed by atoms with Crippen LogP contribution >= 0.6 is 0 Å². The van der Waals surface area contributed by atoms with E-state index in [1.165, 1.54) is 33.1 Å². The molecule has 0 amide bonds. The topological polar surface area (TPSA) is 103 Å². The Morgan fingerprint density at radius 3 is 2.00 bits per heavy atom. The molecule has 0 unspecified atom stereocenters. The Labute approximate surface area is 195 Å². The lowest BCUT2D eigenvalue weighted by atomic mass is 10.1. The highest BCUT2D eigenvalue weighted by atomic mass is 16.5. The zero-order valence-corrected chi connectivity index (χ0v) is 19.3. The lowest BCUT2D eigenvalue weighted by Crippen LogP contribution is -2.15. The molecule has 0 bridgehead atoms. The second-order valence-corrected chi connectivity index (χ2v) is 7.13. The van der Waals surface area contributed by atoms with Crippen molar-refractivity contribution >= 4 is 5.97 Å². The van der Waals surface area contributed by atoms with Crippen LogP contribution in [0.1, 0.15) is 10.4 Å². The first-order valence-electron chi connectivity index (χ1n) is 10.1. The number of esters is 1. The van der Waals surface area contributed by atoms with Gasteiger partial charge in [0, 0.05) is 24.5 Å². The van der Waals surface area contributed by atoms with Crippen LogP contribution in [0.5, 0.6) is 23.0 Å². The maximum atomic E-state index is 13.3. The second kappa shape index (κ2) is 9.18. The standard InChI is InChI=1S/C24H23N3O7/c1-30-16-8-6-14(7-9-16)27-23(28)17-12-26(13-18(21(17)25-27)24(29)34-5)15-10-19(31-2)22(33-4)20(11-15)32-3/h6-13H,1-5H3. The fourth-order valence-electron chi connectivity index (χ4n) is 3.63. The molecule has 0 N–H and O–H groups in total. The number of rotatable bonds is 7. The molecule has 2 aliphatic heterocycles. The molecule has 0 saturated heterocycles. The van der Waals surface area contributed by atoms with E-state index in [9.17, 15) is 9.59 Å². The number of methoxy groups -OCH3 is 5. The number of benzene rings is 2. The van der Waals surface area contributed by atoms with Gasteiger partial charge in [0.05, 0.1) is 52.5 Å². The Balaban J connectivity index is 1.96. The van der Waals surface area contributed by atoms with Crippen LogP contribution in [-0.2, 0) is 4.74 Å². The van der Waals surface area contributed by atoms with Crippen LogP contribution in [0.15, 0.2) is 53.6 Å². The minimum Gasteiger partial charge on any atom is -0.497 e. The molecule has 176 valence electrons. The Morgan fingerprint density at radius 1 is 0.824 bits per heavy atom. The van der Waals surface area contributed by atoms with Crippen molar-refractivity contribution in [2.75, 3.05) is 35.5 Å². The van der Waals surface area contributed by atoms with Crippen LogP contribution < -0.4 is 24.5 Å². The minimum absolute atomic E-state index is 0.123. The number of nitrogens with zero attached hydrogens (tertiary/aromatic N) is 3. The first-order chi connectivity index (χ1) is 16.4. The van der Waals surface area contributed by atoms with Gasteiger partial charge in [-0.25, -0.2) is 4.79 Å². The molecule has 0 saturated carbocycles. The molecular weight excluding hydrogens is 442 g/mol. The Bertz CT molecular complexity index is 1350. The van der Waals surface area contributed by atoms with Crippen molar-refractivity contribution in [1.82, 2.24) is 14.3 Å². The van der Waals surface area contributed by atoms with Gasteiger partial charge in [0.2, 0.25) is 5.75 Å². The van der Waals surface area contributed by atoms with Crippen LogP contribution in [0.4, 0.5) is 0 Å². The number of pyridine rings is 1. The number of carbonyl (C=O) groups is 1. The summed E-state index contributed by atoms with van der Waals surface area (Å²) < 4.78 is 29.2. The fraction of sp³-hybridized carbons (Fsp3) is 0.208. The summed E-state index contributed by atoms with van der Waals surface area (Å²) in [6.07, 6.45) is 3.14. The quantitative estimate of drug-likeness (QED) is 0.384. The zero-order chi connectivity index (χ0) is 24.4. The van der Waals surface area contributed by atoms with Gasteiger partial charge in [-0.3, -0.25) is 4.79 Å². The number of aromatic nitrogens is 3. The number of fused-ring (bicyclic) bond motifs is 1. The lowest BCUT2D eigenvalue weighted by Gasteiger charge is -2.16. The summed E-state index contributed by atoms with van der Waals surface area (Å²) in [4.78, 5) is 25.9. The molecule has 2 aliphatic rings. The van der Waals surface area contributed by atoms with E-state index in [0.717, 1.165) is 0 Å². The monoisotopic (exact) mass is 465 g/mol. The van der Waals surface area contributed by atoms with Crippen LogP contribution in [0.2, 0.25) is 0 Å². The van der Waals surface area contributed by atoms with E-state index in [4.69, 9.17) is 23.7 Å². The van der Waals surface area contributed by atoms with Crippen LogP contribution in [-0.4, -0.2) is 55.9 Å². The molecule has 2 heterocycles. The van der Waals surface area contributed by atoms with Crippen LogP contribution in [0.25, 0.3) is 22.6 Å². The first kappa shape index (κ1) is 22.7. The van der Waals surface area contributed by atoms with E-state index >= 15 is 0 Å². The van der Waals surface area contributed by atoms with Crippen molar-refractivity contribution in [2.24, 2.45) is 0 Å². The Kier molecular flexibility index (Phi) is 6.13. The number of carbonyl (C=O) groups excluding carboxylic acids is 1. The van der Waals surface area contributed by atoms with E-state index in [1.54, 1.807) is 60.5 Å². The van der Waals surface area contributed by atoms with Crippen molar-refractivity contribution in [1.29, 1.82) is 0 Å². The van der Waals surface area contributed by atoms with Crippen molar-refractivity contribution in [3.63, 3.8) is 0 Å². The van der Waals surface area contributed by atoms with Crippen molar-refractivity contribution in [3.05, 3.63) is 64.7 Å². The summed E-state index contributed by atoms with van der Waals surface area (Å²) in [5.74, 6) is 1.26. The fourth-order valence-corrected chi connectivity index (χ4v) is 3.63. The van der Waals surface area contributed by atoms with Gasteiger partial charge >= 0.3 is 5.97 Å². The van der Waals surface area contributed by atoms with Crippen molar-refractivity contribution < 1.29 is 28.5 Å². The van der Waals surface area contributed by atoms with Gasteiger partial charge in [0.25, 0.3) is 5.56 Å². The van der Waals surface area contributed by atoms with E-state index in [1.807, 2.05) is 0 Å². The molecule has 10 nitrogen and oxygen atoms in total. The highest BCUT2D eigenvalue weighted by Gasteiger charge is 2.26. The smallest absolute Gasteiger partial charge is 0.341 e. The molecule has 0 fully saturated rings. The number of hydrogen-bond donors (Lipinski definition) is 0. The van der Waals surface area contributed by atoms with E-state index in [0.29, 0.717) is 34.4 Å². The molecule has 34 heavy (non-hydrogen) atoms. The van der Waals surface area contributed by atoms with Gasteiger partial charge in [-0.1, -0.05) is 0 Å². The summed E-state index contributed by atoms with van der Waals surface area (Å²) in [5, 5.41) is 4.42. The SMILES string of the molecule is COC(=O)c1cn(-c2cc(OC)c(OC)c(OC)c2)cc2c(=O)n(-c3ccc(OC)cc3)nc1-2. The van der Waals surface area contributed by atoms with E-state index in [-0.39, 0.29) is 16.8 Å². The van der Waals surface area contributed by atoms with Crippen molar-refractivity contribution in [3.8, 4) is 45.6 Å². The van der Waals surface area contributed by atoms with Gasteiger partial charge in [-0.15, -0.1) is 0 Å². The second-order valence-electron chi connectivity index (χ2n) is 7.13. The molecule has 0 aromatic heterocycles. The summed E-state index contributed by atoms with van der Waals surface area (Å²) in [6.45, 7) is 0. The van der Waals surface area contributed by atoms with Gasteiger partial charge in [-0.2, -0.15) is 9.78 Å². The van der Waals surface area contributed by atoms with Gasteiger partial charge < -0.3 is 28.3 Å². The summed E-state index contributed by atoms with van der Waals surface area (Å²) >= 11 is 0. The van der Waals surface area contributed by atoms with Gasteiger partial charge in [0.15, 0.2) is 11.5 Å². The summed E-state index contributed by atoms with van der Waals surface area (Å²) in [6, 6.07) is 10.3. The average molecular weight is 465 g/mol. The molecular formula is C24H23N3O7. The average Bonchev–Trinajstić information content (AvgIpc) is 3.22. The van der Waals surface area contributed by atoms with E-state index < -0.39 is 11.5 Å². The molecule has 2 aromatic carbocycles. The third kappa shape index (κ3) is 3.79. The zero-order valence-electron chi connectivity index (χ0n) is 19.3. The van der Waals surface area contributed by atoms with E-state index in [2.05, 4.69) is 5.10 Å². The van der Waals surface area contributed by atoms with Crippen molar-refractivity contribution in [2.45, 2.75) is 0 Å². The lowest BCUT2D eigenvalue weighted by molar-refractivity contribution is 0.0600. The molecule has 2 aromatic rings. The predicted molar refractivity (Wildman–Crippen MR) is 123 cm³/mol. The maximum Gasteiger partial charge on any atom is 0.341 e. The highest BCUT2D eigenvalue weighted by Crippen LogP contribution is 2.39. The largest absolute Gasteiger partial charge is 0.497 e. The summed E-state index contributed by atoms with van der Waals surface area (Å²) in [7, 11) is 7.34. The van der Waals surface area contributed by atoms with Gasteiger partial charge in [0.1, 0.15) is 17.0 Å². The minimum atomic E-state index is -0.633. The normalized spacial score (nSPS) is 10.7. The Morgan fingerprint density at radius 2 is 1.47 bits per heavy atom. The third-order valence-corrected chi connectivity index (χ3v) is 5.34. The summed E-state index contributed by atoms with van der Waals surface area (Å²) in [5.41, 5.74) is 1.27. The van der Waals surface area contributed by atoms with Gasteiger partial charge in [-0.05, 0) is 24.3 Å². The van der Waals surface area contributed by atoms with Crippen LogP contribution in [0, 0.1) is 0 Å². The predicted octanol–water partition coefficient (Wildman–Crippen LogP) is 2.95. The molecule has 0 atom stereocenters. The molecule has 0 spiro atoms. The Hall–Kier alpha value is -4.47. The molecule has 0 aliphatic carbocycles.